The molecule has 0 spiro atoms. The van der Waals surface area contributed by atoms with E-state index in [-0.39, 0.29) is 11.8 Å². The normalized spacial score (nSPS) is 20.3. The average Bonchev–Trinajstić information content (AvgIpc) is 2.68. The van der Waals surface area contributed by atoms with Crippen LogP contribution in [0.1, 0.15) is 16.7 Å². The zero-order valence-electron chi connectivity index (χ0n) is 15.4. The lowest BCUT2D eigenvalue weighted by Gasteiger charge is -2.37. The zero-order chi connectivity index (χ0) is 17.9. The van der Waals surface area contributed by atoms with E-state index in [2.05, 4.69) is 42.2 Å². The van der Waals surface area contributed by atoms with Gasteiger partial charge >= 0.3 is 0 Å². The second-order valence-corrected chi connectivity index (χ2v) is 7.41. The molecular formula is C22H26N2O2. The van der Waals surface area contributed by atoms with Gasteiger partial charge in [-0.05, 0) is 30.5 Å². The molecule has 0 saturated carbocycles. The van der Waals surface area contributed by atoms with Crippen molar-refractivity contribution in [3.05, 3.63) is 65.2 Å². The van der Waals surface area contributed by atoms with Crippen molar-refractivity contribution < 1.29 is 9.53 Å². The second kappa shape index (κ2) is 7.50. The number of amides is 1. The fourth-order valence-corrected chi connectivity index (χ4v) is 3.94. The summed E-state index contributed by atoms with van der Waals surface area (Å²) in [6.45, 7) is 7.08. The number of rotatable bonds is 3. The van der Waals surface area contributed by atoms with E-state index in [1.54, 1.807) is 0 Å². The molecule has 0 bridgehead atoms. The molecule has 4 nitrogen and oxygen atoms in total. The van der Waals surface area contributed by atoms with E-state index >= 15 is 0 Å². The number of benzene rings is 2. The first-order chi connectivity index (χ1) is 12.7. The molecule has 1 saturated heterocycles. The third-order valence-electron chi connectivity index (χ3n) is 5.40. The molecule has 2 aromatic rings. The summed E-state index contributed by atoms with van der Waals surface area (Å²) in [5.74, 6) is 1.13. The number of hydrogen-bond acceptors (Lipinski definition) is 3. The second-order valence-electron chi connectivity index (χ2n) is 7.41. The van der Waals surface area contributed by atoms with E-state index in [0.29, 0.717) is 6.61 Å². The lowest BCUT2D eigenvalue weighted by Crippen LogP contribution is -2.51. The molecular weight excluding hydrogens is 324 g/mol. The highest BCUT2D eigenvalue weighted by Gasteiger charge is 2.31. The molecule has 0 aromatic heterocycles. The summed E-state index contributed by atoms with van der Waals surface area (Å²) < 4.78 is 5.80. The van der Waals surface area contributed by atoms with Crippen molar-refractivity contribution in [2.24, 2.45) is 5.92 Å². The van der Waals surface area contributed by atoms with E-state index in [1.165, 1.54) is 11.1 Å². The molecule has 2 aliphatic rings. The maximum absolute atomic E-state index is 12.9. The van der Waals surface area contributed by atoms with Gasteiger partial charge in [0.2, 0.25) is 5.91 Å². The van der Waals surface area contributed by atoms with Crippen molar-refractivity contribution >= 4 is 5.91 Å². The minimum absolute atomic E-state index is 0.0479. The van der Waals surface area contributed by atoms with Crippen LogP contribution in [0.2, 0.25) is 0 Å². The molecule has 2 aromatic carbocycles. The van der Waals surface area contributed by atoms with E-state index in [9.17, 15) is 4.79 Å². The van der Waals surface area contributed by atoms with E-state index in [0.717, 1.165) is 50.5 Å². The Labute approximate surface area is 155 Å². The largest absolute Gasteiger partial charge is 0.492 e. The first kappa shape index (κ1) is 17.1. The van der Waals surface area contributed by atoms with Crippen molar-refractivity contribution in [2.45, 2.75) is 19.9 Å². The van der Waals surface area contributed by atoms with Crippen LogP contribution >= 0.6 is 0 Å². The van der Waals surface area contributed by atoms with Gasteiger partial charge in [0.05, 0.1) is 5.92 Å². The smallest absolute Gasteiger partial charge is 0.229 e. The molecule has 26 heavy (non-hydrogen) atoms. The number of nitrogens with zero attached hydrogens (tertiary/aromatic N) is 2. The number of para-hydroxylation sites is 1. The standard InChI is InChI=1S/C22H26N2O2/c1-17-5-4-6-18(13-17)15-23-9-11-24(12-10-23)22(25)20-14-19-7-2-3-8-21(19)26-16-20/h2-8,13,20H,9-12,14-16H2,1H3. The van der Waals surface area contributed by atoms with Crippen molar-refractivity contribution in [3.63, 3.8) is 0 Å². The van der Waals surface area contributed by atoms with Crippen molar-refractivity contribution in [3.8, 4) is 5.75 Å². The molecule has 1 fully saturated rings. The molecule has 2 heterocycles. The first-order valence-electron chi connectivity index (χ1n) is 9.46. The van der Waals surface area contributed by atoms with Crippen LogP contribution in [0.5, 0.6) is 5.75 Å². The Morgan fingerprint density at radius 3 is 2.69 bits per heavy atom. The lowest BCUT2D eigenvalue weighted by atomic mass is 9.95. The van der Waals surface area contributed by atoms with Crippen molar-refractivity contribution in [1.29, 1.82) is 0 Å². The van der Waals surface area contributed by atoms with Gasteiger partial charge in [-0.3, -0.25) is 9.69 Å². The van der Waals surface area contributed by atoms with Gasteiger partial charge in [-0.1, -0.05) is 48.0 Å². The quantitative estimate of drug-likeness (QED) is 0.853. The number of aryl methyl sites for hydroxylation is 1. The summed E-state index contributed by atoms with van der Waals surface area (Å²) in [4.78, 5) is 17.4. The van der Waals surface area contributed by atoms with Gasteiger partial charge in [0.15, 0.2) is 0 Å². The Balaban J connectivity index is 1.31. The maximum atomic E-state index is 12.9. The van der Waals surface area contributed by atoms with Crippen LogP contribution in [0.15, 0.2) is 48.5 Å². The van der Waals surface area contributed by atoms with Gasteiger partial charge in [0.1, 0.15) is 12.4 Å². The van der Waals surface area contributed by atoms with Gasteiger partial charge in [-0.25, -0.2) is 0 Å². The Hall–Kier alpha value is -2.33. The predicted octanol–water partition coefficient (Wildman–Crippen LogP) is 2.89. The Bertz CT molecular complexity index is 781. The van der Waals surface area contributed by atoms with Gasteiger partial charge in [0.25, 0.3) is 0 Å². The molecule has 1 atom stereocenters. The Kier molecular flexibility index (Phi) is 4.93. The van der Waals surface area contributed by atoms with Crippen LogP contribution in [0.4, 0.5) is 0 Å². The maximum Gasteiger partial charge on any atom is 0.229 e. The molecule has 4 rings (SSSR count). The highest BCUT2D eigenvalue weighted by Crippen LogP contribution is 2.28. The summed E-state index contributed by atoms with van der Waals surface area (Å²) in [7, 11) is 0. The van der Waals surface area contributed by atoms with E-state index < -0.39 is 0 Å². The number of piperazine rings is 1. The minimum atomic E-state index is -0.0479. The molecule has 0 radical (unpaired) electrons. The van der Waals surface area contributed by atoms with E-state index in [4.69, 9.17) is 4.74 Å². The molecule has 136 valence electrons. The lowest BCUT2D eigenvalue weighted by molar-refractivity contribution is -0.138. The highest BCUT2D eigenvalue weighted by atomic mass is 16.5. The van der Waals surface area contributed by atoms with Gasteiger partial charge in [-0.2, -0.15) is 0 Å². The van der Waals surface area contributed by atoms with Gasteiger partial charge < -0.3 is 9.64 Å². The number of ether oxygens (including phenoxy) is 1. The minimum Gasteiger partial charge on any atom is -0.492 e. The average molecular weight is 350 g/mol. The fourth-order valence-electron chi connectivity index (χ4n) is 3.94. The number of fused-ring (bicyclic) bond motifs is 1. The number of carbonyl (C=O) groups excluding carboxylic acids is 1. The predicted molar refractivity (Wildman–Crippen MR) is 102 cm³/mol. The third kappa shape index (κ3) is 3.75. The van der Waals surface area contributed by atoms with Crippen LogP contribution < -0.4 is 4.74 Å². The van der Waals surface area contributed by atoms with Gasteiger partial charge in [-0.15, -0.1) is 0 Å². The SMILES string of the molecule is Cc1cccc(CN2CCN(C(=O)C3COc4ccccc4C3)CC2)c1. The van der Waals surface area contributed by atoms with E-state index in [1.807, 2.05) is 23.1 Å². The van der Waals surface area contributed by atoms with Crippen LogP contribution in [-0.4, -0.2) is 48.5 Å². The number of hydrogen-bond donors (Lipinski definition) is 0. The van der Waals surface area contributed by atoms with Crippen LogP contribution in [0.3, 0.4) is 0 Å². The van der Waals surface area contributed by atoms with Crippen molar-refractivity contribution in [1.82, 2.24) is 9.80 Å². The Morgan fingerprint density at radius 1 is 1.08 bits per heavy atom. The summed E-state index contributed by atoms with van der Waals surface area (Å²) in [5.41, 5.74) is 3.80. The molecule has 0 N–H and O–H groups in total. The molecule has 2 aliphatic heterocycles. The zero-order valence-corrected chi connectivity index (χ0v) is 15.4. The number of carbonyl (C=O) groups is 1. The van der Waals surface area contributed by atoms with Crippen LogP contribution in [0.25, 0.3) is 0 Å². The third-order valence-corrected chi connectivity index (χ3v) is 5.40. The Morgan fingerprint density at radius 2 is 1.88 bits per heavy atom. The van der Waals surface area contributed by atoms with Crippen molar-refractivity contribution in [2.75, 3.05) is 32.8 Å². The summed E-state index contributed by atoms with van der Waals surface area (Å²) in [6.07, 6.45) is 0.790. The first-order valence-corrected chi connectivity index (χ1v) is 9.46. The topological polar surface area (TPSA) is 32.8 Å². The summed E-state index contributed by atoms with van der Waals surface area (Å²) >= 11 is 0. The summed E-state index contributed by atoms with van der Waals surface area (Å²) in [5, 5.41) is 0. The van der Waals surface area contributed by atoms with Crippen LogP contribution in [0, 0.1) is 12.8 Å². The monoisotopic (exact) mass is 350 g/mol. The molecule has 1 unspecified atom stereocenters. The van der Waals surface area contributed by atoms with Gasteiger partial charge in [0, 0.05) is 32.7 Å². The highest BCUT2D eigenvalue weighted by molar-refractivity contribution is 5.80. The summed E-state index contributed by atoms with van der Waals surface area (Å²) in [6, 6.07) is 16.7. The fraction of sp³-hybridized carbons (Fsp3) is 0.409. The molecule has 0 aliphatic carbocycles. The molecule has 1 amide bonds. The van der Waals surface area contributed by atoms with Crippen LogP contribution in [-0.2, 0) is 17.8 Å². The molecule has 4 heteroatoms.